The van der Waals surface area contributed by atoms with Gasteiger partial charge in [-0.05, 0) is 12.1 Å². The van der Waals surface area contributed by atoms with Crippen LogP contribution >= 0.6 is 23.4 Å². The highest BCUT2D eigenvalue weighted by molar-refractivity contribution is 7.99. The summed E-state index contributed by atoms with van der Waals surface area (Å²) in [6.45, 7) is 2.03. The van der Waals surface area contributed by atoms with E-state index in [-0.39, 0.29) is 5.91 Å². The second-order valence-electron chi connectivity index (χ2n) is 3.99. The Bertz CT molecular complexity index is 616. The van der Waals surface area contributed by atoms with Gasteiger partial charge in [0.2, 0.25) is 11.1 Å². The molecule has 3 N–H and O–H groups in total. The van der Waals surface area contributed by atoms with Gasteiger partial charge in [0.1, 0.15) is 0 Å². The third-order valence-corrected chi connectivity index (χ3v) is 3.76. The molecule has 2 rings (SSSR count). The Labute approximate surface area is 125 Å². The summed E-state index contributed by atoms with van der Waals surface area (Å²) in [4.78, 5) is 10.8. The zero-order valence-corrected chi connectivity index (χ0v) is 12.4. The highest BCUT2D eigenvalue weighted by Crippen LogP contribution is 2.27. The molecule has 0 aliphatic rings. The summed E-state index contributed by atoms with van der Waals surface area (Å²) < 4.78 is 1.40. The standard InChI is InChI=1S/C12H14ClN5OS/c1-8(19)15-6-7-20-12-17-16-11(18(12)14)9-4-2-3-5-10(9)13/h2-5H,6-7,14H2,1H3,(H,15,19). The number of rotatable bonds is 5. The quantitative estimate of drug-likeness (QED) is 0.497. The van der Waals surface area contributed by atoms with E-state index in [9.17, 15) is 4.79 Å². The minimum absolute atomic E-state index is 0.0587. The van der Waals surface area contributed by atoms with Gasteiger partial charge < -0.3 is 11.2 Å². The molecule has 2 aromatic rings. The predicted molar refractivity (Wildman–Crippen MR) is 80.0 cm³/mol. The molecular formula is C12H14ClN5OS. The Balaban J connectivity index is 2.08. The van der Waals surface area contributed by atoms with Crippen molar-refractivity contribution in [2.75, 3.05) is 18.1 Å². The molecule has 0 aliphatic heterocycles. The molecule has 0 radical (unpaired) electrons. The van der Waals surface area contributed by atoms with Crippen LogP contribution in [-0.2, 0) is 4.79 Å². The Morgan fingerprint density at radius 1 is 1.45 bits per heavy atom. The molecule has 0 saturated carbocycles. The van der Waals surface area contributed by atoms with Crippen molar-refractivity contribution in [2.45, 2.75) is 12.1 Å². The van der Waals surface area contributed by atoms with E-state index in [0.717, 1.165) is 5.56 Å². The lowest BCUT2D eigenvalue weighted by Gasteiger charge is -2.05. The first-order chi connectivity index (χ1) is 9.59. The highest BCUT2D eigenvalue weighted by atomic mass is 35.5. The average molecular weight is 312 g/mol. The lowest BCUT2D eigenvalue weighted by atomic mass is 10.2. The zero-order valence-electron chi connectivity index (χ0n) is 10.8. The van der Waals surface area contributed by atoms with Crippen LogP contribution in [0.4, 0.5) is 0 Å². The van der Waals surface area contributed by atoms with E-state index in [1.54, 1.807) is 6.07 Å². The molecule has 1 aromatic carbocycles. The van der Waals surface area contributed by atoms with Gasteiger partial charge in [-0.2, -0.15) is 0 Å². The third kappa shape index (κ3) is 3.43. The Kier molecular flexibility index (Phi) is 4.86. The van der Waals surface area contributed by atoms with E-state index >= 15 is 0 Å². The average Bonchev–Trinajstić information content (AvgIpc) is 2.77. The normalized spacial score (nSPS) is 10.5. The lowest BCUT2D eigenvalue weighted by molar-refractivity contribution is -0.118. The minimum atomic E-state index is -0.0587. The van der Waals surface area contributed by atoms with Crippen LogP contribution in [0.5, 0.6) is 0 Å². The van der Waals surface area contributed by atoms with Gasteiger partial charge >= 0.3 is 0 Å². The third-order valence-electron chi connectivity index (χ3n) is 2.49. The van der Waals surface area contributed by atoms with Gasteiger partial charge in [0.15, 0.2) is 5.82 Å². The molecule has 0 aliphatic carbocycles. The molecule has 1 amide bonds. The van der Waals surface area contributed by atoms with E-state index in [2.05, 4.69) is 15.5 Å². The van der Waals surface area contributed by atoms with Crippen molar-refractivity contribution < 1.29 is 4.79 Å². The molecule has 1 aromatic heterocycles. The fourth-order valence-electron chi connectivity index (χ4n) is 1.57. The maximum absolute atomic E-state index is 10.8. The second-order valence-corrected chi connectivity index (χ2v) is 5.46. The first-order valence-corrected chi connectivity index (χ1v) is 7.28. The van der Waals surface area contributed by atoms with E-state index in [0.29, 0.717) is 28.3 Å². The SMILES string of the molecule is CC(=O)NCCSc1nnc(-c2ccccc2Cl)n1N. The fourth-order valence-corrected chi connectivity index (χ4v) is 2.50. The molecule has 0 fully saturated rings. The Morgan fingerprint density at radius 3 is 2.90 bits per heavy atom. The smallest absolute Gasteiger partial charge is 0.216 e. The van der Waals surface area contributed by atoms with Gasteiger partial charge in [-0.1, -0.05) is 35.5 Å². The first kappa shape index (κ1) is 14.7. The number of carbonyl (C=O) groups excluding carboxylic acids is 1. The number of amides is 1. The van der Waals surface area contributed by atoms with Gasteiger partial charge in [-0.25, -0.2) is 4.68 Å². The first-order valence-electron chi connectivity index (χ1n) is 5.92. The number of carbonyl (C=O) groups is 1. The molecule has 20 heavy (non-hydrogen) atoms. The zero-order chi connectivity index (χ0) is 14.5. The van der Waals surface area contributed by atoms with Crippen LogP contribution in [0.15, 0.2) is 29.4 Å². The summed E-state index contributed by atoms with van der Waals surface area (Å²) in [6.07, 6.45) is 0. The molecule has 0 bridgehead atoms. The summed E-state index contributed by atoms with van der Waals surface area (Å²) in [5.41, 5.74) is 0.734. The van der Waals surface area contributed by atoms with Gasteiger partial charge in [-0.3, -0.25) is 4.79 Å². The molecule has 0 spiro atoms. The van der Waals surface area contributed by atoms with Crippen LogP contribution in [0.25, 0.3) is 11.4 Å². The van der Waals surface area contributed by atoms with Crippen LogP contribution in [-0.4, -0.2) is 33.1 Å². The van der Waals surface area contributed by atoms with Crippen LogP contribution in [0.3, 0.4) is 0 Å². The molecule has 6 nitrogen and oxygen atoms in total. The highest BCUT2D eigenvalue weighted by Gasteiger charge is 2.14. The van der Waals surface area contributed by atoms with Crippen LogP contribution in [0.1, 0.15) is 6.92 Å². The van der Waals surface area contributed by atoms with Crippen molar-refractivity contribution >= 4 is 29.3 Å². The van der Waals surface area contributed by atoms with Crippen molar-refractivity contribution in [3.63, 3.8) is 0 Å². The van der Waals surface area contributed by atoms with Crippen LogP contribution in [0.2, 0.25) is 5.02 Å². The van der Waals surface area contributed by atoms with Crippen molar-refractivity contribution in [1.82, 2.24) is 20.2 Å². The number of nitrogens with zero attached hydrogens (tertiary/aromatic N) is 3. The molecule has 106 valence electrons. The topological polar surface area (TPSA) is 85.8 Å². The van der Waals surface area contributed by atoms with E-state index < -0.39 is 0 Å². The van der Waals surface area contributed by atoms with Crippen molar-refractivity contribution in [2.24, 2.45) is 0 Å². The van der Waals surface area contributed by atoms with Gasteiger partial charge in [0, 0.05) is 24.8 Å². The van der Waals surface area contributed by atoms with E-state index in [4.69, 9.17) is 17.4 Å². The number of nitrogens with one attached hydrogen (secondary N) is 1. The number of aromatic nitrogens is 3. The monoisotopic (exact) mass is 311 g/mol. The van der Waals surface area contributed by atoms with Crippen LogP contribution in [0, 0.1) is 0 Å². The largest absolute Gasteiger partial charge is 0.356 e. The predicted octanol–water partition coefficient (Wildman–Crippen LogP) is 1.54. The summed E-state index contributed by atoms with van der Waals surface area (Å²) in [7, 11) is 0. The van der Waals surface area contributed by atoms with Crippen LogP contribution < -0.4 is 11.2 Å². The number of thioether (sulfide) groups is 1. The number of hydrogen-bond acceptors (Lipinski definition) is 5. The number of halogens is 1. The van der Waals surface area contributed by atoms with E-state index in [1.807, 2.05) is 18.2 Å². The maximum Gasteiger partial charge on any atom is 0.216 e. The molecule has 1 heterocycles. The van der Waals surface area contributed by atoms with Gasteiger partial charge in [-0.15, -0.1) is 10.2 Å². The summed E-state index contributed by atoms with van der Waals surface area (Å²) in [5, 5.41) is 11.9. The summed E-state index contributed by atoms with van der Waals surface area (Å²) in [6, 6.07) is 7.31. The molecule has 0 saturated heterocycles. The van der Waals surface area contributed by atoms with Crippen molar-refractivity contribution in [3.8, 4) is 11.4 Å². The number of hydrogen-bond donors (Lipinski definition) is 2. The second kappa shape index (κ2) is 6.62. The molecule has 8 heteroatoms. The van der Waals surface area contributed by atoms with Gasteiger partial charge in [0.05, 0.1) is 5.02 Å². The summed E-state index contributed by atoms with van der Waals surface area (Å²) >= 11 is 7.53. The Hall–Kier alpha value is -1.73. The van der Waals surface area contributed by atoms with Crippen molar-refractivity contribution in [1.29, 1.82) is 0 Å². The Morgan fingerprint density at radius 2 is 2.20 bits per heavy atom. The molecule has 0 atom stereocenters. The summed E-state index contributed by atoms with van der Waals surface area (Å²) in [5.74, 6) is 7.09. The number of nitrogen functional groups attached to an aromatic ring is 1. The fraction of sp³-hybridized carbons (Fsp3) is 0.250. The number of benzene rings is 1. The minimum Gasteiger partial charge on any atom is -0.356 e. The number of nitrogens with two attached hydrogens (primary N) is 1. The molecular weight excluding hydrogens is 298 g/mol. The van der Waals surface area contributed by atoms with E-state index in [1.165, 1.54) is 23.4 Å². The lowest BCUT2D eigenvalue weighted by Crippen LogP contribution is -2.22. The van der Waals surface area contributed by atoms with Crippen molar-refractivity contribution in [3.05, 3.63) is 29.3 Å². The maximum atomic E-state index is 10.8. The van der Waals surface area contributed by atoms with Gasteiger partial charge in [0.25, 0.3) is 0 Å². The molecule has 0 unspecified atom stereocenters.